The molecular weight excluding hydrogens is 486 g/mol. The maximum atomic E-state index is 13.1. The molecule has 5 rings (SSSR count). The normalized spacial score (nSPS) is 13.7. The lowest BCUT2D eigenvalue weighted by molar-refractivity contribution is -0.384. The number of amides is 1. The highest BCUT2D eigenvalue weighted by atomic mass is 32.1. The van der Waals surface area contributed by atoms with Gasteiger partial charge in [-0.1, -0.05) is 18.3 Å². The monoisotopic (exact) mass is 509 g/mol. The molecule has 2 aromatic heterocycles. The molecule has 0 radical (unpaired) electrons. The summed E-state index contributed by atoms with van der Waals surface area (Å²) in [6.07, 6.45) is 0.699. The number of methoxy groups -OCH3 is 1. The van der Waals surface area contributed by atoms with Crippen molar-refractivity contribution in [2.45, 2.75) is 13.3 Å². The van der Waals surface area contributed by atoms with Crippen molar-refractivity contribution in [3.05, 3.63) is 57.9 Å². The van der Waals surface area contributed by atoms with E-state index in [0.29, 0.717) is 59.8 Å². The van der Waals surface area contributed by atoms with E-state index < -0.39 is 10.8 Å². The van der Waals surface area contributed by atoms with Gasteiger partial charge in [0.15, 0.2) is 5.82 Å². The van der Waals surface area contributed by atoms with E-state index in [1.165, 1.54) is 24.5 Å². The van der Waals surface area contributed by atoms with E-state index in [1.54, 1.807) is 28.8 Å². The number of carbonyl (C=O) groups excluding carboxylic acids is 1. The van der Waals surface area contributed by atoms with Gasteiger partial charge in [-0.3, -0.25) is 14.9 Å². The van der Waals surface area contributed by atoms with Gasteiger partial charge < -0.3 is 19.7 Å². The molecule has 1 aliphatic heterocycles. The molecule has 36 heavy (non-hydrogen) atoms. The summed E-state index contributed by atoms with van der Waals surface area (Å²) in [7, 11) is 1.50. The number of benzene rings is 2. The lowest BCUT2D eigenvalue weighted by Crippen LogP contribution is -2.36. The molecule has 0 atom stereocenters. The van der Waals surface area contributed by atoms with Crippen LogP contribution < -0.4 is 15.0 Å². The lowest BCUT2D eigenvalue weighted by atomic mass is 10.1. The topological polar surface area (TPSA) is 137 Å². The molecule has 1 saturated heterocycles. The predicted octanol–water partition coefficient (Wildman–Crippen LogP) is 3.42. The first-order valence-electron chi connectivity index (χ1n) is 11.3. The second-order valence-corrected chi connectivity index (χ2v) is 8.96. The smallest absolute Gasteiger partial charge is 0.293 e. The fourth-order valence-corrected chi connectivity index (χ4v) is 4.86. The molecule has 1 amide bonds. The Morgan fingerprint density at radius 3 is 2.75 bits per heavy atom. The summed E-state index contributed by atoms with van der Waals surface area (Å²) in [6.45, 7) is 4.07. The van der Waals surface area contributed by atoms with E-state index in [-0.39, 0.29) is 11.3 Å². The number of morpholine rings is 1. The van der Waals surface area contributed by atoms with Gasteiger partial charge in [0.05, 0.1) is 30.9 Å². The van der Waals surface area contributed by atoms with E-state index in [2.05, 4.69) is 20.6 Å². The van der Waals surface area contributed by atoms with Crippen molar-refractivity contribution in [2.24, 2.45) is 0 Å². The quantitative estimate of drug-likeness (QED) is 0.293. The number of nitrogens with zero attached hydrogens (tertiary/aromatic N) is 6. The summed E-state index contributed by atoms with van der Waals surface area (Å²) < 4.78 is 12.5. The Balaban J connectivity index is 1.43. The first-order valence-corrected chi connectivity index (χ1v) is 12.1. The third-order valence-electron chi connectivity index (χ3n) is 5.85. The molecule has 3 heterocycles. The lowest BCUT2D eigenvalue weighted by Gasteiger charge is -2.28. The van der Waals surface area contributed by atoms with Crippen LogP contribution in [0.25, 0.3) is 15.5 Å². The second kappa shape index (κ2) is 9.87. The molecule has 2 aromatic carbocycles. The van der Waals surface area contributed by atoms with E-state index in [9.17, 15) is 14.9 Å². The fourth-order valence-electron chi connectivity index (χ4n) is 4.01. The number of aromatic nitrogens is 4. The molecule has 186 valence electrons. The minimum absolute atomic E-state index is 0.128. The van der Waals surface area contributed by atoms with Gasteiger partial charge in [0.1, 0.15) is 16.4 Å². The van der Waals surface area contributed by atoms with Crippen LogP contribution in [0, 0.1) is 10.1 Å². The average molecular weight is 510 g/mol. The highest BCUT2D eigenvalue weighted by molar-refractivity contribution is 7.19. The minimum atomic E-state index is -0.492. The number of nitro groups is 1. The molecule has 1 N–H and O–H groups in total. The van der Waals surface area contributed by atoms with E-state index in [4.69, 9.17) is 9.47 Å². The summed E-state index contributed by atoms with van der Waals surface area (Å²) in [4.78, 5) is 27.0. The van der Waals surface area contributed by atoms with Crippen molar-refractivity contribution >= 4 is 39.3 Å². The Labute approximate surface area is 209 Å². The van der Waals surface area contributed by atoms with E-state index in [0.717, 1.165) is 11.4 Å². The molecule has 0 aliphatic carbocycles. The van der Waals surface area contributed by atoms with Crippen molar-refractivity contribution in [3.8, 4) is 16.3 Å². The SMILES string of the molecule is CCc1nnc2sc(-c3ccc(OC)c(NC(=O)c4ccc(N5CCOCC5)c([N+](=O)[O-])c4)c3)nn12. The van der Waals surface area contributed by atoms with Crippen LogP contribution in [0.2, 0.25) is 0 Å². The molecule has 0 bridgehead atoms. The van der Waals surface area contributed by atoms with Crippen LogP contribution in [0.3, 0.4) is 0 Å². The Kier molecular flexibility index (Phi) is 6.48. The summed E-state index contributed by atoms with van der Waals surface area (Å²) in [5.41, 5.74) is 1.68. The Hall–Kier alpha value is -4.10. The van der Waals surface area contributed by atoms with Crippen LogP contribution >= 0.6 is 11.3 Å². The van der Waals surface area contributed by atoms with E-state index in [1.807, 2.05) is 17.9 Å². The molecular formula is C23H23N7O5S. The standard InChI is InChI=1S/C23H23N7O5S/c1-3-20-25-26-23-29(20)27-22(36-23)15-5-7-19(34-2)16(12-15)24-21(31)14-4-6-17(18(13-14)30(32)33)28-8-10-35-11-9-28/h4-7,12-13H,3,8-11H2,1-2H3,(H,24,31). The van der Waals surface area contributed by atoms with Crippen LogP contribution in [-0.4, -0.2) is 64.1 Å². The van der Waals surface area contributed by atoms with Crippen LogP contribution in [0.15, 0.2) is 36.4 Å². The van der Waals surface area contributed by atoms with Gasteiger partial charge >= 0.3 is 0 Å². The number of aryl methyl sites for hydroxylation is 1. The van der Waals surface area contributed by atoms with Crippen molar-refractivity contribution in [1.82, 2.24) is 19.8 Å². The van der Waals surface area contributed by atoms with Crippen LogP contribution in [0.1, 0.15) is 23.1 Å². The molecule has 0 saturated carbocycles. The minimum Gasteiger partial charge on any atom is -0.495 e. The van der Waals surface area contributed by atoms with Gasteiger partial charge in [-0.25, -0.2) is 0 Å². The number of nitrogens with one attached hydrogen (secondary N) is 1. The summed E-state index contributed by atoms with van der Waals surface area (Å²) >= 11 is 1.38. The Bertz CT molecular complexity index is 1440. The summed E-state index contributed by atoms with van der Waals surface area (Å²) in [5.74, 6) is 0.717. The first kappa shape index (κ1) is 23.6. The molecule has 13 heteroatoms. The number of carbonyl (C=O) groups is 1. The molecule has 1 fully saturated rings. The number of hydrogen-bond acceptors (Lipinski definition) is 10. The van der Waals surface area contributed by atoms with Crippen molar-refractivity contribution < 1.29 is 19.2 Å². The zero-order valence-corrected chi connectivity index (χ0v) is 20.4. The number of hydrogen-bond donors (Lipinski definition) is 1. The third-order valence-corrected chi connectivity index (χ3v) is 6.80. The maximum Gasteiger partial charge on any atom is 0.293 e. The molecule has 12 nitrogen and oxygen atoms in total. The van der Waals surface area contributed by atoms with Crippen molar-refractivity contribution in [2.75, 3.05) is 43.6 Å². The van der Waals surface area contributed by atoms with Gasteiger partial charge in [0, 0.05) is 36.7 Å². The maximum absolute atomic E-state index is 13.1. The second-order valence-electron chi connectivity index (χ2n) is 8.00. The van der Waals surface area contributed by atoms with Crippen molar-refractivity contribution in [1.29, 1.82) is 0 Å². The number of nitro benzene ring substituents is 1. The number of fused-ring (bicyclic) bond motifs is 1. The predicted molar refractivity (Wildman–Crippen MR) is 134 cm³/mol. The first-order chi connectivity index (χ1) is 17.5. The molecule has 0 spiro atoms. The Morgan fingerprint density at radius 1 is 1.22 bits per heavy atom. The van der Waals surface area contributed by atoms with Crippen molar-refractivity contribution in [3.63, 3.8) is 0 Å². The van der Waals surface area contributed by atoms with Gasteiger partial charge in [-0.15, -0.1) is 10.2 Å². The van der Waals surface area contributed by atoms with Gasteiger partial charge in [-0.05, 0) is 30.3 Å². The average Bonchev–Trinajstić information content (AvgIpc) is 3.50. The van der Waals surface area contributed by atoms with E-state index >= 15 is 0 Å². The summed E-state index contributed by atoms with van der Waals surface area (Å²) in [6, 6.07) is 9.82. The number of anilines is 2. The molecule has 4 aromatic rings. The van der Waals surface area contributed by atoms with Crippen LogP contribution in [0.5, 0.6) is 5.75 Å². The zero-order valence-electron chi connectivity index (χ0n) is 19.6. The molecule has 1 aliphatic rings. The highest BCUT2D eigenvalue weighted by Crippen LogP contribution is 2.34. The fraction of sp³-hybridized carbons (Fsp3) is 0.304. The van der Waals surface area contributed by atoms with Gasteiger partial charge in [0.25, 0.3) is 11.6 Å². The Morgan fingerprint density at radius 2 is 2.03 bits per heavy atom. The molecule has 0 unspecified atom stereocenters. The third kappa shape index (κ3) is 4.45. The van der Waals surface area contributed by atoms with Crippen LogP contribution in [0.4, 0.5) is 17.1 Å². The zero-order chi connectivity index (χ0) is 25.2. The number of ether oxygens (including phenoxy) is 2. The van der Waals surface area contributed by atoms with Gasteiger partial charge in [0.2, 0.25) is 4.96 Å². The van der Waals surface area contributed by atoms with Gasteiger partial charge in [-0.2, -0.15) is 9.61 Å². The van der Waals surface area contributed by atoms with Crippen LogP contribution in [-0.2, 0) is 11.2 Å². The summed E-state index contributed by atoms with van der Waals surface area (Å²) in [5, 5.41) is 28.2. The largest absolute Gasteiger partial charge is 0.495 e. The number of rotatable bonds is 7. The highest BCUT2D eigenvalue weighted by Gasteiger charge is 2.24.